The van der Waals surface area contributed by atoms with Crippen molar-refractivity contribution in [1.82, 2.24) is 0 Å². The molecular weight excluding hydrogens is 130 g/mol. The average Bonchev–Trinajstić information content (AvgIpc) is 1.88. The predicted molar refractivity (Wildman–Crippen MR) is 37.5 cm³/mol. The number of carbonyl (C=O) groups is 1. The van der Waals surface area contributed by atoms with Crippen molar-refractivity contribution in [2.75, 3.05) is 0 Å². The zero-order chi connectivity index (χ0) is 7.56. The van der Waals surface area contributed by atoms with Gasteiger partial charge in [-0.15, -0.1) is 0 Å². The molecule has 0 spiro atoms. The van der Waals surface area contributed by atoms with E-state index in [4.69, 9.17) is 10.8 Å². The Morgan fingerprint density at radius 3 is 2.80 bits per heavy atom. The van der Waals surface area contributed by atoms with E-state index < -0.39 is 5.97 Å². The Morgan fingerprint density at radius 1 is 1.70 bits per heavy atom. The summed E-state index contributed by atoms with van der Waals surface area (Å²) >= 11 is 0. The molecule has 0 radical (unpaired) electrons. The second-order valence-corrected chi connectivity index (χ2v) is 2.53. The summed E-state index contributed by atoms with van der Waals surface area (Å²) in [5.74, 6) is -1.15. The monoisotopic (exact) mass is 141 g/mol. The van der Waals surface area contributed by atoms with Gasteiger partial charge in [-0.2, -0.15) is 0 Å². The van der Waals surface area contributed by atoms with Gasteiger partial charge in [0.2, 0.25) is 0 Å². The molecular formula is C7H11NO2. The summed E-state index contributed by atoms with van der Waals surface area (Å²) in [4.78, 5) is 10.5. The molecule has 0 aromatic heterocycles. The van der Waals surface area contributed by atoms with E-state index in [9.17, 15) is 4.79 Å². The minimum atomic E-state index is -0.781. The average molecular weight is 141 g/mol. The lowest BCUT2D eigenvalue weighted by molar-refractivity contribution is -0.142. The molecule has 0 saturated heterocycles. The molecule has 56 valence electrons. The second kappa shape index (κ2) is 2.84. The Labute approximate surface area is 59.5 Å². The lowest BCUT2D eigenvalue weighted by Crippen LogP contribution is -2.35. The van der Waals surface area contributed by atoms with Crippen LogP contribution in [-0.2, 0) is 4.79 Å². The molecule has 1 aliphatic rings. The third-order valence-corrected chi connectivity index (χ3v) is 1.78. The Balaban J connectivity index is 2.60. The van der Waals surface area contributed by atoms with Gasteiger partial charge in [0.1, 0.15) is 0 Å². The molecule has 2 atom stereocenters. The summed E-state index contributed by atoms with van der Waals surface area (Å²) in [7, 11) is 0. The van der Waals surface area contributed by atoms with Gasteiger partial charge in [0.15, 0.2) is 0 Å². The predicted octanol–water partition coefficient (Wildman–Crippen LogP) is 0.364. The van der Waals surface area contributed by atoms with Crippen LogP contribution in [-0.4, -0.2) is 17.1 Å². The van der Waals surface area contributed by atoms with Crippen LogP contribution in [0.25, 0.3) is 0 Å². The van der Waals surface area contributed by atoms with Crippen LogP contribution in [0.5, 0.6) is 0 Å². The minimum Gasteiger partial charge on any atom is -0.481 e. The van der Waals surface area contributed by atoms with Crippen molar-refractivity contribution in [2.24, 2.45) is 11.7 Å². The van der Waals surface area contributed by atoms with Crippen molar-refractivity contribution < 1.29 is 9.90 Å². The quantitative estimate of drug-likeness (QED) is 0.518. The Hall–Kier alpha value is -0.830. The van der Waals surface area contributed by atoms with Crippen LogP contribution in [0.1, 0.15) is 12.8 Å². The van der Waals surface area contributed by atoms with Gasteiger partial charge in [-0.1, -0.05) is 12.2 Å². The van der Waals surface area contributed by atoms with Crippen LogP contribution in [0.4, 0.5) is 0 Å². The number of allylic oxidation sites excluding steroid dienone is 1. The summed E-state index contributed by atoms with van der Waals surface area (Å²) in [5.41, 5.74) is 5.51. The maximum atomic E-state index is 10.5. The summed E-state index contributed by atoms with van der Waals surface area (Å²) in [5, 5.41) is 8.59. The van der Waals surface area contributed by atoms with Crippen molar-refractivity contribution in [2.45, 2.75) is 18.9 Å². The van der Waals surface area contributed by atoms with E-state index in [0.29, 0.717) is 6.42 Å². The van der Waals surface area contributed by atoms with Gasteiger partial charge in [0.25, 0.3) is 0 Å². The first-order valence-corrected chi connectivity index (χ1v) is 3.37. The van der Waals surface area contributed by atoms with Crippen LogP contribution >= 0.6 is 0 Å². The summed E-state index contributed by atoms with van der Waals surface area (Å²) in [6, 6.07) is -0.286. The third kappa shape index (κ3) is 1.36. The topological polar surface area (TPSA) is 63.3 Å². The molecule has 3 heteroatoms. The molecule has 0 amide bonds. The Bertz CT molecular complexity index is 165. The highest BCUT2D eigenvalue weighted by Gasteiger charge is 2.24. The minimum absolute atomic E-state index is 0.286. The molecule has 0 bridgehead atoms. The molecule has 0 aromatic carbocycles. The molecule has 0 aromatic rings. The van der Waals surface area contributed by atoms with Crippen LogP contribution in [0.15, 0.2) is 12.2 Å². The van der Waals surface area contributed by atoms with Crippen molar-refractivity contribution in [3.8, 4) is 0 Å². The summed E-state index contributed by atoms with van der Waals surface area (Å²) < 4.78 is 0. The molecule has 10 heavy (non-hydrogen) atoms. The SMILES string of the molecule is N[C@H]1C=CCC[C@H]1C(=O)O. The standard InChI is InChI=1S/C7H11NO2/c8-6-4-2-1-3-5(6)7(9)10/h2,4-6H,1,3,8H2,(H,9,10)/t5-,6+/m1/s1. The number of carboxylic acid groups (broad SMARTS) is 1. The Kier molecular flexibility index (Phi) is 2.06. The largest absolute Gasteiger partial charge is 0.481 e. The fourth-order valence-electron chi connectivity index (χ4n) is 1.14. The summed E-state index contributed by atoms with van der Waals surface area (Å²) in [6.07, 6.45) is 5.21. The van der Waals surface area contributed by atoms with Gasteiger partial charge < -0.3 is 10.8 Å². The van der Waals surface area contributed by atoms with Gasteiger partial charge in [0, 0.05) is 6.04 Å². The first-order valence-electron chi connectivity index (χ1n) is 3.37. The molecule has 1 aliphatic carbocycles. The Morgan fingerprint density at radius 2 is 2.40 bits per heavy atom. The van der Waals surface area contributed by atoms with Crippen LogP contribution in [0.2, 0.25) is 0 Å². The fourth-order valence-corrected chi connectivity index (χ4v) is 1.14. The molecule has 0 fully saturated rings. The number of hydrogen-bond acceptors (Lipinski definition) is 2. The lowest BCUT2D eigenvalue weighted by Gasteiger charge is -2.19. The maximum absolute atomic E-state index is 10.5. The van der Waals surface area contributed by atoms with Gasteiger partial charge in [-0.05, 0) is 12.8 Å². The molecule has 0 aliphatic heterocycles. The molecule has 1 rings (SSSR count). The summed E-state index contributed by atoms with van der Waals surface area (Å²) in [6.45, 7) is 0. The molecule has 0 unspecified atom stereocenters. The highest BCUT2D eigenvalue weighted by Crippen LogP contribution is 2.16. The van der Waals surface area contributed by atoms with E-state index in [2.05, 4.69) is 0 Å². The van der Waals surface area contributed by atoms with Crippen LogP contribution in [0.3, 0.4) is 0 Å². The number of rotatable bonds is 1. The van der Waals surface area contributed by atoms with Crippen LogP contribution < -0.4 is 5.73 Å². The van der Waals surface area contributed by atoms with Crippen molar-refractivity contribution in [1.29, 1.82) is 0 Å². The molecule has 0 heterocycles. The third-order valence-electron chi connectivity index (χ3n) is 1.78. The zero-order valence-electron chi connectivity index (χ0n) is 5.66. The van der Waals surface area contributed by atoms with Gasteiger partial charge >= 0.3 is 5.97 Å². The van der Waals surface area contributed by atoms with E-state index in [0.717, 1.165) is 6.42 Å². The van der Waals surface area contributed by atoms with E-state index in [1.807, 2.05) is 6.08 Å². The fraction of sp³-hybridized carbons (Fsp3) is 0.571. The van der Waals surface area contributed by atoms with Crippen molar-refractivity contribution in [3.63, 3.8) is 0 Å². The van der Waals surface area contributed by atoms with E-state index in [-0.39, 0.29) is 12.0 Å². The number of carboxylic acids is 1. The van der Waals surface area contributed by atoms with E-state index >= 15 is 0 Å². The van der Waals surface area contributed by atoms with E-state index in [1.54, 1.807) is 6.08 Å². The van der Waals surface area contributed by atoms with Crippen LogP contribution in [0, 0.1) is 5.92 Å². The smallest absolute Gasteiger partial charge is 0.308 e. The van der Waals surface area contributed by atoms with E-state index in [1.165, 1.54) is 0 Å². The van der Waals surface area contributed by atoms with Gasteiger partial charge in [-0.3, -0.25) is 4.79 Å². The maximum Gasteiger partial charge on any atom is 0.308 e. The highest BCUT2D eigenvalue weighted by molar-refractivity contribution is 5.71. The number of hydrogen-bond donors (Lipinski definition) is 2. The number of nitrogens with two attached hydrogens (primary N) is 1. The van der Waals surface area contributed by atoms with Gasteiger partial charge in [0.05, 0.1) is 5.92 Å². The van der Waals surface area contributed by atoms with Crippen molar-refractivity contribution >= 4 is 5.97 Å². The zero-order valence-corrected chi connectivity index (χ0v) is 5.66. The highest BCUT2D eigenvalue weighted by atomic mass is 16.4. The number of aliphatic carboxylic acids is 1. The molecule has 3 nitrogen and oxygen atoms in total. The lowest BCUT2D eigenvalue weighted by atomic mass is 9.90. The first kappa shape index (κ1) is 7.28. The molecule has 3 N–H and O–H groups in total. The normalized spacial score (nSPS) is 32.1. The second-order valence-electron chi connectivity index (χ2n) is 2.53. The van der Waals surface area contributed by atoms with Gasteiger partial charge in [-0.25, -0.2) is 0 Å². The molecule has 0 saturated carbocycles. The van der Waals surface area contributed by atoms with Crippen molar-refractivity contribution in [3.05, 3.63) is 12.2 Å². The first-order chi connectivity index (χ1) is 4.72.